The van der Waals surface area contributed by atoms with Gasteiger partial charge in [-0.2, -0.15) is 0 Å². The summed E-state index contributed by atoms with van der Waals surface area (Å²) in [7, 11) is 0. The number of pyridine rings is 1. The molecule has 26 heavy (non-hydrogen) atoms. The van der Waals surface area contributed by atoms with Crippen molar-refractivity contribution in [1.29, 1.82) is 0 Å². The maximum atomic E-state index is 11.5. The molecular formula is C21H21N3O2. The normalized spacial score (nSPS) is 14.6. The van der Waals surface area contributed by atoms with Gasteiger partial charge >= 0.3 is 0 Å². The molecule has 0 unspecified atom stereocenters. The highest BCUT2D eigenvalue weighted by Crippen LogP contribution is 2.32. The molecule has 1 aromatic heterocycles. The number of carbonyl (C=O) groups excluding carboxylic acids is 1. The minimum Gasteiger partial charge on any atom is -0.378 e. The van der Waals surface area contributed by atoms with Gasteiger partial charge in [0.05, 0.1) is 25.1 Å². The number of nitrogens with two attached hydrogens (primary N) is 1. The van der Waals surface area contributed by atoms with Crippen LogP contribution >= 0.6 is 0 Å². The van der Waals surface area contributed by atoms with Crippen LogP contribution in [0.4, 0.5) is 5.69 Å². The van der Waals surface area contributed by atoms with E-state index in [1.807, 2.05) is 31.5 Å². The summed E-state index contributed by atoms with van der Waals surface area (Å²) in [4.78, 5) is 18.3. The molecule has 1 aliphatic heterocycles. The molecule has 2 N–H and O–H groups in total. The summed E-state index contributed by atoms with van der Waals surface area (Å²) in [6, 6.07) is 11.9. The lowest BCUT2D eigenvalue weighted by molar-refractivity contribution is 0.100. The van der Waals surface area contributed by atoms with Crippen LogP contribution in [0, 0.1) is 6.92 Å². The number of ether oxygens (including phenoxy) is 1. The van der Waals surface area contributed by atoms with Gasteiger partial charge in [-0.3, -0.25) is 9.78 Å². The van der Waals surface area contributed by atoms with Crippen molar-refractivity contribution in [1.82, 2.24) is 4.98 Å². The number of hydrogen-bond donors (Lipinski definition) is 1. The number of rotatable bonds is 3. The molecule has 0 spiro atoms. The van der Waals surface area contributed by atoms with Gasteiger partial charge in [0.1, 0.15) is 0 Å². The minimum absolute atomic E-state index is 0.414. The summed E-state index contributed by atoms with van der Waals surface area (Å²) in [5, 5.41) is 2.25. The molecule has 0 radical (unpaired) electrons. The highest BCUT2D eigenvalue weighted by molar-refractivity contribution is 5.97. The number of amides is 1. The Morgan fingerprint density at radius 3 is 2.69 bits per heavy atom. The van der Waals surface area contributed by atoms with Crippen molar-refractivity contribution >= 4 is 22.4 Å². The molecule has 2 heterocycles. The van der Waals surface area contributed by atoms with Gasteiger partial charge in [0.25, 0.3) is 0 Å². The van der Waals surface area contributed by atoms with E-state index in [1.165, 1.54) is 5.39 Å². The van der Waals surface area contributed by atoms with E-state index in [0.29, 0.717) is 5.56 Å². The molecule has 1 fully saturated rings. The highest BCUT2D eigenvalue weighted by Gasteiger charge is 2.15. The number of nitrogens with zero attached hydrogens (tertiary/aromatic N) is 2. The third kappa shape index (κ3) is 3.02. The number of fused-ring (bicyclic) bond motifs is 1. The first-order valence-electron chi connectivity index (χ1n) is 8.75. The van der Waals surface area contributed by atoms with Crippen molar-refractivity contribution in [3.63, 3.8) is 0 Å². The largest absolute Gasteiger partial charge is 0.378 e. The second-order valence-corrected chi connectivity index (χ2v) is 6.59. The summed E-state index contributed by atoms with van der Waals surface area (Å²) in [5.74, 6) is -0.414. The van der Waals surface area contributed by atoms with E-state index in [2.05, 4.69) is 28.1 Å². The molecule has 2 aromatic carbocycles. The average Bonchev–Trinajstić information content (AvgIpc) is 2.68. The number of aromatic nitrogens is 1. The van der Waals surface area contributed by atoms with Crippen LogP contribution in [-0.2, 0) is 4.74 Å². The fourth-order valence-electron chi connectivity index (χ4n) is 3.47. The smallest absolute Gasteiger partial charge is 0.248 e. The predicted molar refractivity (Wildman–Crippen MR) is 103 cm³/mol. The maximum absolute atomic E-state index is 11.5. The summed E-state index contributed by atoms with van der Waals surface area (Å²) in [6.07, 6.45) is 3.81. The molecule has 0 aliphatic carbocycles. The van der Waals surface area contributed by atoms with E-state index in [4.69, 9.17) is 10.5 Å². The molecule has 5 nitrogen and oxygen atoms in total. The van der Waals surface area contributed by atoms with Crippen LogP contribution < -0.4 is 10.6 Å². The van der Waals surface area contributed by atoms with Gasteiger partial charge in [0.2, 0.25) is 5.91 Å². The van der Waals surface area contributed by atoms with Gasteiger partial charge in [-0.1, -0.05) is 18.2 Å². The van der Waals surface area contributed by atoms with E-state index < -0.39 is 5.91 Å². The van der Waals surface area contributed by atoms with Gasteiger partial charge in [0, 0.05) is 35.6 Å². The van der Waals surface area contributed by atoms with Crippen molar-refractivity contribution < 1.29 is 9.53 Å². The van der Waals surface area contributed by atoms with E-state index >= 15 is 0 Å². The number of morpholine rings is 1. The van der Waals surface area contributed by atoms with Crippen molar-refractivity contribution in [2.45, 2.75) is 6.92 Å². The molecule has 0 bridgehead atoms. The van der Waals surface area contributed by atoms with Gasteiger partial charge < -0.3 is 15.4 Å². The third-order valence-electron chi connectivity index (χ3n) is 4.92. The van der Waals surface area contributed by atoms with Gasteiger partial charge in [-0.05, 0) is 41.8 Å². The number of primary amides is 1. The van der Waals surface area contributed by atoms with Crippen LogP contribution in [0.25, 0.3) is 21.9 Å². The molecule has 4 rings (SSSR count). The molecule has 5 heteroatoms. The number of anilines is 1. The second-order valence-electron chi connectivity index (χ2n) is 6.59. The Hall–Kier alpha value is -2.92. The molecular weight excluding hydrogens is 326 g/mol. The van der Waals surface area contributed by atoms with E-state index in [9.17, 15) is 4.79 Å². The van der Waals surface area contributed by atoms with Crippen molar-refractivity contribution in [2.24, 2.45) is 5.73 Å². The van der Waals surface area contributed by atoms with E-state index in [1.54, 1.807) is 6.07 Å². The fraction of sp³-hybridized carbons (Fsp3) is 0.238. The Labute approximate surface area is 152 Å². The predicted octanol–water partition coefficient (Wildman–Crippen LogP) is 3.15. The highest BCUT2D eigenvalue weighted by atomic mass is 16.5. The number of carbonyl (C=O) groups is 1. The Morgan fingerprint density at radius 2 is 1.92 bits per heavy atom. The number of aryl methyl sites for hydroxylation is 1. The van der Waals surface area contributed by atoms with Crippen LogP contribution in [0.2, 0.25) is 0 Å². The Kier molecular flexibility index (Phi) is 4.31. The Bertz CT molecular complexity index is 978. The van der Waals surface area contributed by atoms with Crippen LogP contribution in [0.3, 0.4) is 0 Å². The molecule has 1 aliphatic rings. The Balaban J connectivity index is 1.79. The Morgan fingerprint density at radius 1 is 1.12 bits per heavy atom. The summed E-state index contributed by atoms with van der Waals surface area (Å²) >= 11 is 0. The van der Waals surface area contributed by atoms with Crippen LogP contribution in [-0.4, -0.2) is 37.2 Å². The molecule has 1 amide bonds. The molecule has 132 valence electrons. The number of benzene rings is 2. The standard InChI is InChI=1S/C21H21N3O2/c1-14-2-3-16(21(22)25)11-19(14)15-4-5-18-17(10-15)12-23-13-20(18)24-6-8-26-9-7-24/h2-5,10-13H,6-9H2,1H3,(H2,22,25). The molecule has 3 aromatic rings. The molecule has 1 saturated heterocycles. The third-order valence-corrected chi connectivity index (χ3v) is 4.92. The zero-order chi connectivity index (χ0) is 18.1. The first-order valence-corrected chi connectivity index (χ1v) is 8.75. The fourth-order valence-corrected chi connectivity index (χ4v) is 3.47. The lowest BCUT2D eigenvalue weighted by atomic mass is 9.96. The lowest BCUT2D eigenvalue weighted by Gasteiger charge is -2.29. The van der Waals surface area contributed by atoms with Crippen molar-refractivity contribution in [3.8, 4) is 11.1 Å². The van der Waals surface area contributed by atoms with Crippen molar-refractivity contribution in [3.05, 3.63) is 59.9 Å². The first-order chi connectivity index (χ1) is 12.6. The molecule has 0 saturated carbocycles. The summed E-state index contributed by atoms with van der Waals surface area (Å²) in [6.45, 7) is 5.28. The second kappa shape index (κ2) is 6.77. The topological polar surface area (TPSA) is 68.5 Å². The summed E-state index contributed by atoms with van der Waals surface area (Å²) in [5.41, 5.74) is 10.3. The van der Waals surface area contributed by atoms with E-state index in [-0.39, 0.29) is 0 Å². The zero-order valence-electron chi connectivity index (χ0n) is 14.7. The van der Waals surface area contributed by atoms with Gasteiger partial charge in [0.15, 0.2) is 0 Å². The van der Waals surface area contributed by atoms with Crippen LogP contribution in [0.5, 0.6) is 0 Å². The maximum Gasteiger partial charge on any atom is 0.248 e. The van der Waals surface area contributed by atoms with Gasteiger partial charge in [-0.25, -0.2) is 0 Å². The number of hydrogen-bond acceptors (Lipinski definition) is 4. The summed E-state index contributed by atoms with van der Waals surface area (Å²) < 4.78 is 5.45. The monoisotopic (exact) mass is 347 g/mol. The van der Waals surface area contributed by atoms with Gasteiger partial charge in [-0.15, -0.1) is 0 Å². The minimum atomic E-state index is -0.414. The van der Waals surface area contributed by atoms with Crippen molar-refractivity contribution in [2.75, 3.05) is 31.2 Å². The first kappa shape index (κ1) is 16.5. The SMILES string of the molecule is Cc1ccc(C(N)=O)cc1-c1ccc2c(N3CCOCC3)cncc2c1. The van der Waals surface area contributed by atoms with Crippen LogP contribution in [0.15, 0.2) is 48.8 Å². The van der Waals surface area contributed by atoms with Crippen LogP contribution in [0.1, 0.15) is 15.9 Å². The zero-order valence-corrected chi connectivity index (χ0v) is 14.7. The average molecular weight is 347 g/mol. The van der Waals surface area contributed by atoms with E-state index in [0.717, 1.165) is 54.1 Å². The quantitative estimate of drug-likeness (QED) is 0.790. The lowest BCUT2D eigenvalue weighted by Crippen LogP contribution is -2.36. The molecule has 0 atom stereocenters.